The van der Waals surface area contributed by atoms with Gasteiger partial charge in [-0.2, -0.15) is 0 Å². The van der Waals surface area contributed by atoms with Crippen molar-refractivity contribution in [2.45, 2.75) is 12.8 Å². The number of benzene rings is 2. The number of ether oxygens (including phenoxy) is 3. The van der Waals surface area contributed by atoms with Crippen molar-refractivity contribution in [3.8, 4) is 0 Å². The van der Waals surface area contributed by atoms with E-state index in [1.165, 1.54) is 0 Å². The highest BCUT2D eigenvalue weighted by Crippen LogP contribution is 2.33. The van der Waals surface area contributed by atoms with E-state index in [1.807, 2.05) is 90.4 Å². The van der Waals surface area contributed by atoms with Crippen molar-refractivity contribution in [1.29, 1.82) is 0 Å². The fourth-order valence-corrected chi connectivity index (χ4v) is 11.3. The molecule has 11 nitrogen and oxygen atoms in total. The molecule has 0 atom stereocenters. The molecule has 0 fully saturated rings. The number of carbonyl (C=O) groups excluding carboxylic acids is 2. The largest absolute Gasteiger partial charge is 0.478 e. The van der Waals surface area contributed by atoms with Gasteiger partial charge < -0.3 is 35.1 Å². The van der Waals surface area contributed by atoms with Crippen LogP contribution >= 0.6 is 136 Å². The van der Waals surface area contributed by atoms with E-state index in [4.69, 9.17) is 14.2 Å². The van der Waals surface area contributed by atoms with Crippen LogP contribution in [-0.2, 0) is 23.8 Å². The Morgan fingerprint density at radius 3 is 1.20 bits per heavy atom. The van der Waals surface area contributed by atoms with Crippen LogP contribution in [0.4, 0.5) is 11.4 Å². The molecule has 224 valence electrons. The maximum Gasteiger partial charge on any atom is 0.337 e. The fourth-order valence-electron chi connectivity index (χ4n) is 3.08. The van der Waals surface area contributed by atoms with Crippen molar-refractivity contribution in [3.63, 3.8) is 0 Å². The summed E-state index contributed by atoms with van der Waals surface area (Å²) in [5, 5.41) is 24.4. The molecule has 0 heterocycles. The number of aromatic carboxylic acids is 2. The number of carboxylic acids is 2. The van der Waals surface area contributed by atoms with Gasteiger partial charge in [0.1, 0.15) is 0 Å². The molecule has 0 radical (unpaired) electrons. The van der Waals surface area contributed by atoms with Gasteiger partial charge in [0, 0.05) is 14.3 Å². The second-order valence-corrected chi connectivity index (χ2v) is 14.7. The third kappa shape index (κ3) is 12.1. The highest BCUT2D eigenvalue weighted by atomic mass is 127. The number of hydrogen-bond acceptors (Lipinski definition) is 7. The molecule has 0 unspecified atom stereocenters. The molecular weight excluding hydrogens is 1220 g/mol. The van der Waals surface area contributed by atoms with E-state index in [0.29, 0.717) is 38.9 Å². The van der Waals surface area contributed by atoms with Crippen molar-refractivity contribution in [1.82, 2.24) is 0 Å². The third-order valence-electron chi connectivity index (χ3n) is 4.99. The number of carboxylic acid groups (broad SMARTS) is 2. The van der Waals surface area contributed by atoms with Crippen molar-refractivity contribution < 1.29 is 43.6 Å². The zero-order valence-corrected chi connectivity index (χ0v) is 33.8. The van der Waals surface area contributed by atoms with Crippen molar-refractivity contribution in [3.05, 3.63) is 44.7 Å². The minimum atomic E-state index is -1.05. The first kappa shape index (κ1) is 37.8. The van der Waals surface area contributed by atoms with Gasteiger partial charge >= 0.3 is 11.9 Å². The third-order valence-corrected chi connectivity index (χ3v) is 10.5. The predicted molar refractivity (Wildman–Crippen MR) is 202 cm³/mol. The Balaban J connectivity index is 1.58. The van der Waals surface area contributed by atoms with Crippen molar-refractivity contribution >= 4 is 171 Å². The van der Waals surface area contributed by atoms with Gasteiger partial charge in [-0.3, -0.25) is 9.59 Å². The smallest absolute Gasteiger partial charge is 0.337 e. The van der Waals surface area contributed by atoms with Gasteiger partial charge in [0.05, 0.1) is 82.1 Å². The number of amides is 2. The summed E-state index contributed by atoms with van der Waals surface area (Å²) >= 11 is 11.9. The molecule has 0 saturated heterocycles. The Morgan fingerprint density at radius 1 is 0.561 bits per heavy atom. The highest BCUT2D eigenvalue weighted by molar-refractivity contribution is 14.1. The van der Waals surface area contributed by atoms with E-state index in [-0.39, 0.29) is 62.2 Å². The monoisotopic (exact) mass is 1240 g/mol. The molecule has 4 N–H and O–H groups in total. The maximum absolute atomic E-state index is 12.3. The number of rotatable bonds is 16. The summed E-state index contributed by atoms with van der Waals surface area (Å²) in [6.07, 6.45) is 0.202. The number of nitrogens with one attached hydrogen (secondary N) is 2. The lowest BCUT2D eigenvalue weighted by Crippen LogP contribution is -2.19. The Morgan fingerprint density at radius 2 is 0.878 bits per heavy atom. The van der Waals surface area contributed by atoms with E-state index in [0.717, 1.165) is 7.14 Å². The zero-order valence-electron chi connectivity index (χ0n) is 20.8. The van der Waals surface area contributed by atoms with Gasteiger partial charge in [-0.05, 0) is 148 Å². The lowest BCUT2D eigenvalue weighted by molar-refractivity contribution is -0.118. The first-order chi connectivity index (χ1) is 19.3. The topological polar surface area (TPSA) is 160 Å². The molecule has 2 rings (SSSR count). The second-order valence-electron chi connectivity index (χ2n) is 7.85. The van der Waals surface area contributed by atoms with Crippen molar-refractivity contribution in [2.24, 2.45) is 0 Å². The molecule has 0 spiro atoms. The zero-order chi connectivity index (χ0) is 30.7. The normalized spacial score (nSPS) is 10.9. The van der Waals surface area contributed by atoms with Crippen LogP contribution in [0.25, 0.3) is 0 Å². The molecular formula is C24H22I6N2O9. The number of carbonyl (C=O) groups is 4. The molecule has 0 aliphatic heterocycles. The van der Waals surface area contributed by atoms with Crippen LogP contribution in [0.2, 0.25) is 0 Å². The van der Waals surface area contributed by atoms with Crippen LogP contribution in [0, 0.1) is 21.4 Å². The van der Waals surface area contributed by atoms with E-state index in [2.05, 4.69) is 55.8 Å². The molecule has 2 aromatic rings. The summed E-state index contributed by atoms with van der Waals surface area (Å²) in [7, 11) is 0. The summed E-state index contributed by atoms with van der Waals surface area (Å²) in [6.45, 7) is 1.52. The van der Waals surface area contributed by atoms with Crippen LogP contribution in [0.1, 0.15) is 33.6 Å². The first-order valence-corrected chi connectivity index (χ1v) is 18.0. The summed E-state index contributed by atoms with van der Waals surface area (Å²) in [5.74, 6) is -2.67. The minimum Gasteiger partial charge on any atom is -0.478 e. The van der Waals surface area contributed by atoms with Crippen LogP contribution in [0.3, 0.4) is 0 Å². The molecule has 41 heavy (non-hydrogen) atoms. The molecule has 17 heteroatoms. The Hall–Kier alpha value is 0.580. The Kier molecular flexibility index (Phi) is 17.7. The van der Waals surface area contributed by atoms with Crippen LogP contribution < -0.4 is 10.6 Å². The van der Waals surface area contributed by atoms with E-state index in [9.17, 15) is 29.4 Å². The van der Waals surface area contributed by atoms with Crippen molar-refractivity contribution in [2.75, 3.05) is 50.3 Å². The van der Waals surface area contributed by atoms with Crippen LogP contribution in [-0.4, -0.2) is 73.6 Å². The van der Waals surface area contributed by atoms with E-state index < -0.39 is 11.9 Å². The standard InChI is InChI=1S/C24H22I6N2O9/c25-11-9-13(27)21(19(29)17(11)23(35)36)31-15(33)1-3-39-5-7-41-8-6-40-4-2-16(34)32-22-14(28)10-12(26)18(20(22)30)24(37)38/h9-10H,1-8H2,(H,31,33)(H,32,34)(H,35,36)(H,37,38). The van der Waals surface area contributed by atoms with Crippen LogP contribution in [0.15, 0.2) is 12.1 Å². The maximum atomic E-state index is 12.3. The van der Waals surface area contributed by atoms with E-state index >= 15 is 0 Å². The molecule has 0 aliphatic carbocycles. The predicted octanol–water partition coefficient (Wildman–Crippen LogP) is 6.12. The van der Waals surface area contributed by atoms with Gasteiger partial charge in [-0.1, -0.05) is 0 Å². The Labute approximate surface area is 317 Å². The number of anilines is 2. The van der Waals surface area contributed by atoms with Gasteiger partial charge in [-0.25, -0.2) is 9.59 Å². The number of hydrogen-bond donors (Lipinski definition) is 4. The first-order valence-electron chi connectivity index (χ1n) is 11.5. The summed E-state index contributed by atoms with van der Waals surface area (Å²) in [5.41, 5.74) is 1.26. The quantitative estimate of drug-likeness (QED) is 0.115. The molecule has 0 bridgehead atoms. The number of halogens is 6. The SMILES string of the molecule is O=C(CCOCCOCCOCCC(=O)Nc1c(I)cc(I)c(C(=O)O)c1I)Nc1c(I)cc(I)c(C(=O)O)c1I. The summed E-state index contributed by atoms with van der Waals surface area (Å²) < 4.78 is 19.9. The van der Waals surface area contributed by atoms with Gasteiger partial charge in [-0.15, -0.1) is 0 Å². The van der Waals surface area contributed by atoms with Gasteiger partial charge in [0.15, 0.2) is 0 Å². The average Bonchev–Trinajstić information content (AvgIpc) is 2.86. The van der Waals surface area contributed by atoms with Crippen LogP contribution in [0.5, 0.6) is 0 Å². The molecule has 0 aromatic heterocycles. The lowest BCUT2D eigenvalue weighted by Gasteiger charge is -2.13. The second kappa shape index (κ2) is 19.2. The van der Waals surface area contributed by atoms with E-state index in [1.54, 1.807) is 12.1 Å². The fraction of sp³-hybridized carbons (Fsp3) is 0.333. The molecule has 2 aromatic carbocycles. The Bertz CT molecular complexity index is 1210. The summed E-state index contributed by atoms with van der Waals surface area (Å²) in [4.78, 5) is 47.6. The minimum absolute atomic E-state index is 0.101. The molecule has 0 saturated carbocycles. The van der Waals surface area contributed by atoms with Gasteiger partial charge in [0.25, 0.3) is 0 Å². The summed E-state index contributed by atoms with van der Waals surface area (Å²) in [6, 6.07) is 3.42. The molecule has 2 amide bonds. The van der Waals surface area contributed by atoms with Gasteiger partial charge in [0.2, 0.25) is 11.8 Å². The lowest BCUT2D eigenvalue weighted by atomic mass is 10.2. The highest BCUT2D eigenvalue weighted by Gasteiger charge is 2.21. The average molecular weight is 1240 g/mol. The molecule has 0 aliphatic rings.